The molecule has 0 spiro atoms. The van der Waals surface area contributed by atoms with Crippen molar-refractivity contribution in [2.45, 2.75) is 130 Å². The van der Waals surface area contributed by atoms with Gasteiger partial charge in [-0.25, -0.2) is 0 Å². The molecular formula is C104H132F12N2O20P2. The maximum absolute atomic E-state index is 10.7. The quantitative estimate of drug-likeness (QED) is 0.0819. The number of benzene rings is 8. The van der Waals surface area contributed by atoms with Gasteiger partial charge in [0.05, 0.1) is 132 Å². The molecule has 0 radical (unpaired) electrons. The average Bonchev–Trinajstić information content (AvgIpc) is 0.792. The first-order valence-electron chi connectivity index (χ1n) is 46.9. The van der Waals surface area contributed by atoms with Crippen molar-refractivity contribution in [1.29, 1.82) is 0 Å². The van der Waals surface area contributed by atoms with Crippen molar-refractivity contribution in [2.75, 3.05) is 185 Å². The van der Waals surface area contributed by atoms with Crippen LogP contribution in [0.4, 0.5) is 50.4 Å². The minimum atomic E-state index is -10.7. The van der Waals surface area contributed by atoms with Crippen molar-refractivity contribution in [3.63, 3.8) is 0 Å². The van der Waals surface area contributed by atoms with Crippen LogP contribution in [0, 0.1) is 47.4 Å². The van der Waals surface area contributed by atoms with E-state index < -0.39 is 15.6 Å². The molecule has 9 aliphatic rings. The molecule has 772 valence electrons. The summed E-state index contributed by atoms with van der Waals surface area (Å²) in [5.41, 5.74) is 10.1. The second kappa shape index (κ2) is 66.6. The number of quaternary nitrogens is 2. The molecule has 0 atom stereocenters. The Kier molecular flexibility index (Phi) is 55.6. The molecule has 4 N–H and O–H groups in total. The Labute approximate surface area is 814 Å². The molecule has 0 saturated heterocycles. The Bertz CT molecular complexity index is 4210. The molecule has 140 heavy (non-hydrogen) atoms. The van der Waals surface area contributed by atoms with Crippen LogP contribution in [-0.4, -0.2) is 185 Å². The second-order valence-corrected chi connectivity index (χ2v) is 35.1. The molecule has 22 nitrogen and oxygen atoms in total. The Morgan fingerprint density at radius 1 is 0.171 bits per heavy atom. The van der Waals surface area contributed by atoms with E-state index in [2.05, 4.69) is 155 Å². The number of hydrogen-bond donors (Lipinski definition) is 2. The molecule has 9 heterocycles. The smallest absolute Gasteiger partial charge is 0.161 e. The van der Waals surface area contributed by atoms with Gasteiger partial charge in [-0.1, -0.05) is 169 Å². The van der Waals surface area contributed by atoms with Gasteiger partial charge in [0.25, 0.3) is 0 Å². The first-order valence-corrected chi connectivity index (χ1v) is 50.9. The third-order valence-electron chi connectivity index (χ3n) is 19.3. The number of halogens is 12. The summed E-state index contributed by atoms with van der Waals surface area (Å²) in [4.78, 5) is 0. The van der Waals surface area contributed by atoms with E-state index in [1.165, 1.54) is 44.5 Å². The summed E-state index contributed by atoms with van der Waals surface area (Å²) < 4.78 is 233. The van der Waals surface area contributed by atoms with Crippen molar-refractivity contribution < 1.29 is 156 Å². The maximum atomic E-state index is 9.87. The van der Waals surface area contributed by atoms with Crippen molar-refractivity contribution in [1.82, 2.24) is 0 Å². The topological polar surface area (TPSA) is 218 Å². The van der Waals surface area contributed by atoms with Gasteiger partial charge in [-0.3, -0.25) is 0 Å². The third kappa shape index (κ3) is 66.5. The molecule has 36 heteroatoms. The van der Waals surface area contributed by atoms with Crippen molar-refractivity contribution in [3.05, 3.63) is 239 Å². The van der Waals surface area contributed by atoms with E-state index in [0.717, 1.165) is 130 Å². The van der Waals surface area contributed by atoms with Gasteiger partial charge in [0.2, 0.25) is 0 Å². The maximum Gasteiger partial charge on any atom is 0.161 e. The van der Waals surface area contributed by atoms with Crippen LogP contribution < -0.4 is 48.5 Å². The van der Waals surface area contributed by atoms with Crippen LogP contribution in [-0.2, 0) is 109 Å². The molecule has 8 aromatic carbocycles. The summed E-state index contributed by atoms with van der Waals surface area (Å²) in [5.74, 6) is 30.2. The minimum absolute atomic E-state index is 0.425. The van der Waals surface area contributed by atoms with Gasteiger partial charge >= 0.3 is 66.0 Å². The van der Waals surface area contributed by atoms with Crippen LogP contribution in [0.15, 0.2) is 194 Å². The van der Waals surface area contributed by atoms with Gasteiger partial charge in [0.15, 0.2) is 46.0 Å². The fourth-order valence-corrected chi connectivity index (χ4v) is 12.5. The van der Waals surface area contributed by atoms with Crippen LogP contribution >= 0.6 is 15.6 Å². The molecule has 0 saturated carbocycles. The number of fused-ring (bicyclic) bond motifs is 4. The van der Waals surface area contributed by atoms with E-state index in [-0.39, 0.29) is 0 Å². The molecular weight excluding hydrogens is 1890 g/mol. The minimum Gasteiger partial charge on any atom is -0.487 e. The molecule has 0 amide bonds. The Balaban J connectivity index is 0.000000286. The zero-order valence-electron chi connectivity index (χ0n) is 79.2. The number of hydrogen-bond acceptors (Lipinski definition) is 20. The van der Waals surface area contributed by atoms with Crippen LogP contribution in [0.5, 0.6) is 46.0 Å². The van der Waals surface area contributed by atoms with E-state index >= 15 is 0 Å². The van der Waals surface area contributed by atoms with E-state index in [0.29, 0.717) is 231 Å². The third-order valence-corrected chi connectivity index (χ3v) is 19.3. The summed E-state index contributed by atoms with van der Waals surface area (Å²) in [7, 11) is -21.3. The van der Waals surface area contributed by atoms with Gasteiger partial charge in [0.1, 0.15) is 79.0 Å². The number of rotatable bonds is 0. The van der Waals surface area contributed by atoms with E-state index in [9.17, 15) is 50.4 Å². The predicted octanol–water partition coefficient (Wildman–Crippen LogP) is 21.4. The first kappa shape index (κ1) is 117. The molecule has 8 bridgehead atoms. The van der Waals surface area contributed by atoms with Crippen LogP contribution in [0.25, 0.3) is 0 Å². The Morgan fingerprint density at radius 2 is 0.314 bits per heavy atom. The normalized spacial score (nSPS) is 18.2. The fraction of sp³-hybridized carbons (Fsp3) is 0.462. The molecule has 0 aromatic heterocycles. The summed E-state index contributed by atoms with van der Waals surface area (Å²) in [6, 6.07) is 65.4. The SMILES string of the molecule is C1#CCCCCOCc2ccc(cc2)C[NH2+]Cc2ccc(cc2)COCCCCC#CC#CCCCCOCc2ccc(cc2)C[NH2+]Cc2ccc(cc2)COCCCCC#C1.F[P-](F)(F)(F)(F)F.F[P-](F)(F)(F)(F)F.c1ccc2c(c1)OCCOCCOCCOc1ccccc1OCCOCCOCCO2.c1ccc2c(c1)OCCOCCOCCOc1ccccc1OCCOCCOCCO2. The molecule has 0 fully saturated rings. The number of nitrogens with two attached hydrogens (primary N) is 2. The number of ether oxygens (including phenoxy) is 20. The Morgan fingerprint density at radius 3 is 0.471 bits per heavy atom. The second-order valence-electron chi connectivity index (χ2n) is 31.3. The van der Waals surface area contributed by atoms with Gasteiger partial charge in [-0.05, 0) is 146 Å². The van der Waals surface area contributed by atoms with Gasteiger partial charge in [-0.2, -0.15) is 0 Å². The van der Waals surface area contributed by atoms with E-state index in [4.69, 9.17) is 94.7 Å². The van der Waals surface area contributed by atoms with Gasteiger partial charge in [0, 0.05) is 74.4 Å². The molecule has 9 aliphatic heterocycles. The first-order chi connectivity index (χ1) is 67.6. The van der Waals surface area contributed by atoms with Crippen LogP contribution in [0.2, 0.25) is 0 Å². The Hall–Kier alpha value is -10.1. The van der Waals surface area contributed by atoms with Crippen molar-refractivity contribution in [2.24, 2.45) is 0 Å². The summed E-state index contributed by atoms with van der Waals surface area (Å²) >= 11 is 0. The predicted molar refractivity (Wildman–Crippen MR) is 513 cm³/mol. The van der Waals surface area contributed by atoms with E-state index in [1.807, 2.05) is 97.1 Å². The van der Waals surface area contributed by atoms with Crippen molar-refractivity contribution >= 4 is 15.6 Å². The van der Waals surface area contributed by atoms with Crippen molar-refractivity contribution in [3.8, 4) is 93.4 Å². The zero-order valence-corrected chi connectivity index (χ0v) is 81.0. The summed E-state index contributed by atoms with van der Waals surface area (Å²) in [6.07, 6.45) is 11.5. The molecule has 17 rings (SSSR count). The summed E-state index contributed by atoms with van der Waals surface area (Å²) in [5, 5.41) is 4.69. The van der Waals surface area contributed by atoms with Gasteiger partial charge in [-0.15, -0.1) is 0 Å². The summed E-state index contributed by atoms with van der Waals surface area (Å²) in [6.45, 7) is 20.3. The molecule has 8 aromatic rings. The van der Waals surface area contributed by atoms with E-state index in [1.54, 1.807) is 0 Å². The molecule has 0 unspecified atom stereocenters. The van der Waals surface area contributed by atoms with Crippen LogP contribution in [0.3, 0.4) is 0 Å². The monoisotopic (exact) mass is 2020 g/mol. The zero-order chi connectivity index (χ0) is 99.8. The van der Waals surface area contributed by atoms with Gasteiger partial charge < -0.3 is 105 Å². The average molecular weight is 2020 g/mol. The molecule has 0 aliphatic carbocycles. The fourth-order valence-electron chi connectivity index (χ4n) is 12.5. The van der Waals surface area contributed by atoms with Crippen LogP contribution in [0.1, 0.15) is 122 Å². The standard InChI is InChI=1S/C56H66N2O4.2C24H32O8.2F6P/c1-2-6-10-14-18-38-60-46-54-31-23-50(24-32-54)42-58-44-52-27-35-56(36-28-52)48-62-40-20-16-12-8-4-3-7-11-15-19-39-61-47-55-33-25-51(26-34-55)43-57-41-49-21-29-53(30-22-49)45-59-37-17-13-9-5-1;2*1-2-6-22-21(5-1)29-17-13-25-9-10-27-15-19-31-23-7-3-4-8-24(23)32-20-16-28-12-11-26-14-18-30-22;2*1-7(2,3,4,5)6/h21-36,57-58H,9-20,37-48H2;2*1-8H,9-20H2;;/q;;;2*-1/p+2. The largest absolute Gasteiger partial charge is 0.487 e. The number of para-hydroxylation sites is 8.